The van der Waals surface area contributed by atoms with Crippen LogP contribution in [0.5, 0.6) is 0 Å². The van der Waals surface area contributed by atoms with E-state index in [1.54, 1.807) is 16.6 Å². The topological polar surface area (TPSA) is 72.2 Å². The van der Waals surface area contributed by atoms with Crippen molar-refractivity contribution in [2.24, 2.45) is 0 Å². The monoisotopic (exact) mass is 383 g/mol. The van der Waals surface area contributed by atoms with Crippen molar-refractivity contribution in [3.8, 4) is 10.6 Å². The summed E-state index contributed by atoms with van der Waals surface area (Å²) in [5.74, 6) is 0.513. The molecule has 0 aliphatic heterocycles. The van der Waals surface area contributed by atoms with E-state index in [9.17, 15) is 4.79 Å². The van der Waals surface area contributed by atoms with Gasteiger partial charge in [-0.3, -0.25) is 4.79 Å². The first kappa shape index (κ1) is 16.7. The average Bonchev–Trinajstić information content (AvgIpc) is 3.18. The van der Waals surface area contributed by atoms with Gasteiger partial charge in [0, 0.05) is 11.3 Å². The quantitative estimate of drug-likeness (QED) is 0.570. The fourth-order valence-corrected chi connectivity index (χ4v) is 3.74. The third-order valence-electron chi connectivity index (χ3n) is 3.91. The number of benzene rings is 2. The lowest BCUT2D eigenvalue weighted by Crippen LogP contribution is -2.12. The van der Waals surface area contributed by atoms with E-state index in [4.69, 9.17) is 11.6 Å². The smallest absolute Gasteiger partial charge is 0.257 e. The molecule has 0 atom stereocenters. The number of aromatic nitrogens is 4. The maximum Gasteiger partial charge on any atom is 0.257 e. The van der Waals surface area contributed by atoms with Crippen molar-refractivity contribution in [1.82, 2.24) is 19.8 Å². The molecule has 4 aromatic rings. The highest BCUT2D eigenvalue weighted by molar-refractivity contribution is 7.19. The lowest BCUT2D eigenvalue weighted by atomic mass is 10.1. The molecule has 0 spiro atoms. The number of fused-ring (bicyclic) bond motifs is 1. The number of carbonyl (C=O) groups excluding carboxylic acids is 1. The van der Waals surface area contributed by atoms with Gasteiger partial charge >= 0.3 is 0 Å². The molecule has 2 heterocycles. The second-order valence-corrected chi connectivity index (χ2v) is 7.23. The maximum atomic E-state index is 12.4. The summed E-state index contributed by atoms with van der Waals surface area (Å²) < 4.78 is 1.72. The first-order valence-electron chi connectivity index (χ1n) is 7.88. The Hall–Kier alpha value is -2.77. The maximum absolute atomic E-state index is 12.4. The summed E-state index contributed by atoms with van der Waals surface area (Å²) >= 11 is 7.62. The largest absolute Gasteiger partial charge is 0.322 e. The van der Waals surface area contributed by atoms with Crippen LogP contribution in [-0.4, -0.2) is 25.7 Å². The lowest BCUT2D eigenvalue weighted by Gasteiger charge is -2.08. The van der Waals surface area contributed by atoms with Crippen molar-refractivity contribution >= 4 is 39.5 Å². The molecule has 2 aromatic carbocycles. The Morgan fingerprint density at radius 2 is 1.88 bits per heavy atom. The van der Waals surface area contributed by atoms with Gasteiger partial charge in [0.05, 0.1) is 10.6 Å². The second-order valence-electron chi connectivity index (χ2n) is 5.86. The molecule has 0 bridgehead atoms. The number of hydrogen-bond donors (Lipinski definition) is 1. The summed E-state index contributed by atoms with van der Waals surface area (Å²) in [6, 6.07) is 12.9. The zero-order valence-electron chi connectivity index (χ0n) is 14.0. The van der Waals surface area contributed by atoms with Crippen LogP contribution in [0.25, 0.3) is 15.5 Å². The van der Waals surface area contributed by atoms with Gasteiger partial charge < -0.3 is 5.32 Å². The summed E-state index contributed by atoms with van der Waals surface area (Å²) in [6.45, 7) is 3.79. The number of nitrogens with one attached hydrogen (secondary N) is 1. The Bertz CT molecular complexity index is 1120. The van der Waals surface area contributed by atoms with Gasteiger partial charge in [0.1, 0.15) is 5.01 Å². The third-order valence-corrected chi connectivity index (χ3v) is 5.17. The molecule has 2 aromatic heterocycles. The molecule has 0 radical (unpaired) electrons. The van der Waals surface area contributed by atoms with Crippen molar-refractivity contribution in [3.05, 3.63) is 64.4 Å². The van der Waals surface area contributed by atoms with E-state index in [1.807, 2.05) is 44.2 Å². The Morgan fingerprint density at radius 3 is 2.58 bits per heavy atom. The second kappa shape index (κ2) is 6.51. The Kier molecular flexibility index (Phi) is 4.18. The van der Waals surface area contributed by atoms with E-state index in [1.165, 1.54) is 11.3 Å². The Morgan fingerprint density at radius 1 is 1.12 bits per heavy atom. The highest BCUT2D eigenvalue weighted by Gasteiger charge is 2.12. The first-order valence-corrected chi connectivity index (χ1v) is 9.07. The van der Waals surface area contributed by atoms with E-state index >= 15 is 0 Å². The zero-order chi connectivity index (χ0) is 18.3. The molecule has 0 fully saturated rings. The van der Waals surface area contributed by atoms with Crippen LogP contribution >= 0.6 is 22.9 Å². The zero-order valence-corrected chi connectivity index (χ0v) is 15.6. The number of amides is 1. The minimum absolute atomic E-state index is 0.239. The summed E-state index contributed by atoms with van der Waals surface area (Å²) in [4.78, 5) is 13.2. The first-order chi connectivity index (χ1) is 12.5. The Labute approximate surface area is 158 Å². The van der Waals surface area contributed by atoms with Crippen LogP contribution in [0.2, 0.25) is 5.02 Å². The number of hydrogen-bond acceptors (Lipinski definition) is 5. The highest BCUT2D eigenvalue weighted by Crippen LogP contribution is 2.27. The van der Waals surface area contributed by atoms with Crippen molar-refractivity contribution in [3.63, 3.8) is 0 Å². The predicted molar refractivity (Wildman–Crippen MR) is 103 cm³/mol. The molecule has 0 aliphatic carbocycles. The van der Waals surface area contributed by atoms with Gasteiger partial charge in [-0.05, 0) is 55.8 Å². The minimum atomic E-state index is -0.239. The van der Waals surface area contributed by atoms with E-state index < -0.39 is 0 Å². The van der Waals surface area contributed by atoms with Crippen LogP contribution in [0.4, 0.5) is 5.69 Å². The van der Waals surface area contributed by atoms with Gasteiger partial charge in [-0.15, -0.1) is 10.2 Å². The summed E-state index contributed by atoms with van der Waals surface area (Å²) in [7, 11) is 0. The number of nitrogens with zero attached hydrogens (tertiary/aromatic N) is 4. The van der Waals surface area contributed by atoms with Gasteiger partial charge in [0.25, 0.3) is 5.91 Å². The number of rotatable bonds is 3. The van der Waals surface area contributed by atoms with Gasteiger partial charge in [-0.25, -0.2) is 0 Å². The van der Waals surface area contributed by atoms with E-state index in [0.29, 0.717) is 16.3 Å². The molecular weight excluding hydrogens is 370 g/mol. The van der Waals surface area contributed by atoms with Gasteiger partial charge in [0.2, 0.25) is 4.96 Å². The average molecular weight is 384 g/mol. The van der Waals surface area contributed by atoms with E-state index in [2.05, 4.69) is 20.6 Å². The predicted octanol–water partition coefficient (Wildman–Crippen LogP) is 4.38. The summed E-state index contributed by atoms with van der Waals surface area (Å²) in [6.07, 6.45) is 0. The van der Waals surface area contributed by atoms with E-state index in [0.717, 1.165) is 26.9 Å². The standard InChI is InChI=1S/C18H14ClN5OS/c1-10-3-8-14(15(19)9-10)16(25)20-13-6-4-12(5-7-13)17-23-24-11(2)21-22-18(24)26-17/h3-9H,1-2H3,(H,20,25). The SMILES string of the molecule is Cc1ccc(C(=O)Nc2ccc(-c3nn4c(C)nnc4s3)cc2)c(Cl)c1. The lowest BCUT2D eigenvalue weighted by molar-refractivity contribution is 0.102. The van der Waals surface area contributed by atoms with Crippen LogP contribution in [0.1, 0.15) is 21.7 Å². The Balaban J connectivity index is 1.54. The highest BCUT2D eigenvalue weighted by atomic mass is 35.5. The number of halogens is 1. The van der Waals surface area contributed by atoms with Crippen LogP contribution in [0, 0.1) is 13.8 Å². The number of aryl methyl sites for hydroxylation is 2. The van der Waals surface area contributed by atoms with E-state index in [-0.39, 0.29) is 5.91 Å². The molecule has 26 heavy (non-hydrogen) atoms. The van der Waals surface area contributed by atoms with Crippen molar-refractivity contribution in [2.75, 3.05) is 5.32 Å². The molecule has 8 heteroatoms. The molecule has 6 nitrogen and oxygen atoms in total. The number of anilines is 1. The summed E-state index contributed by atoms with van der Waals surface area (Å²) in [5.41, 5.74) is 3.10. The molecule has 0 saturated heterocycles. The minimum Gasteiger partial charge on any atom is -0.322 e. The number of carbonyl (C=O) groups is 1. The molecule has 0 saturated carbocycles. The molecule has 1 amide bonds. The molecule has 1 N–H and O–H groups in total. The van der Waals surface area contributed by atoms with Gasteiger partial charge in [0.15, 0.2) is 5.82 Å². The summed E-state index contributed by atoms with van der Waals surface area (Å²) in [5, 5.41) is 16.7. The molecule has 4 rings (SSSR count). The molecular formula is C18H14ClN5OS. The van der Waals surface area contributed by atoms with Crippen LogP contribution in [0.15, 0.2) is 42.5 Å². The molecule has 0 unspecified atom stereocenters. The third kappa shape index (κ3) is 3.07. The van der Waals surface area contributed by atoms with Crippen LogP contribution < -0.4 is 5.32 Å². The van der Waals surface area contributed by atoms with Crippen molar-refractivity contribution in [1.29, 1.82) is 0 Å². The van der Waals surface area contributed by atoms with Crippen LogP contribution in [-0.2, 0) is 0 Å². The van der Waals surface area contributed by atoms with Crippen molar-refractivity contribution in [2.45, 2.75) is 13.8 Å². The fourth-order valence-electron chi connectivity index (χ4n) is 2.53. The van der Waals surface area contributed by atoms with Crippen molar-refractivity contribution < 1.29 is 4.79 Å². The molecule has 130 valence electrons. The van der Waals surface area contributed by atoms with Gasteiger partial charge in [-0.2, -0.15) is 9.61 Å². The normalized spacial score (nSPS) is 11.0. The fraction of sp³-hybridized carbons (Fsp3) is 0.111. The molecule has 0 aliphatic rings. The van der Waals surface area contributed by atoms with Crippen LogP contribution in [0.3, 0.4) is 0 Å². The van der Waals surface area contributed by atoms with Gasteiger partial charge in [-0.1, -0.05) is 29.0 Å².